The summed E-state index contributed by atoms with van der Waals surface area (Å²) in [6.45, 7) is 0. The zero-order valence-corrected chi connectivity index (χ0v) is 9.92. The Morgan fingerprint density at radius 3 is 1.25 bits per heavy atom. The van der Waals surface area contributed by atoms with Crippen LogP contribution in [0.5, 0.6) is 0 Å². The van der Waals surface area contributed by atoms with Crippen LogP contribution in [0.4, 0.5) is 0 Å². The molecule has 1 atom stereocenters. The Balaban J connectivity index is -0.0000000267. The first-order valence-corrected chi connectivity index (χ1v) is 4.64. The second kappa shape index (κ2) is 9.05. The van der Waals surface area contributed by atoms with Gasteiger partial charge >= 0.3 is 0 Å². The first-order valence-electron chi connectivity index (χ1n) is 0.783. The molecule has 0 bridgehead atoms. The highest BCUT2D eigenvalue weighted by Crippen LogP contribution is 2.39. The molecule has 0 aromatic heterocycles. The smallest absolute Gasteiger partial charge is 0.239 e. The van der Waals surface area contributed by atoms with Crippen LogP contribution in [0, 0.1) is 0 Å². The van der Waals surface area contributed by atoms with Gasteiger partial charge in [-0.15, -0.1) is 0 Å². The highest BCUT2D eigenvalue weighted by molar-refractivity contribution is 8.59. The topological polar surface area (TPSA) is 40.5 Å². The zero-order chi connectivity index (χ0) is 4.50. The monoisotopic (exact) mass is 232 g/mol. The number of hydrogen-bond acceptors (Lipinski definition) is 1. The van der Waals surface area contributed by atoms with Crippen molar-refractivity contribution in [3.05, 3.63) is 0 Å². The minimum absolute atomic E-state index is 0. The highest BCUT2D eigenvalue weighted by Gasteiger charge is 1.90. The summed E-state index contributed by atoms with van der Waals surface area (Å²) in [5.41, 5.74) is -3.11. The predicted octanol–water partition coefficient (Wildman–Crippen LogP) is 0.409. The summed E-state index contributed by atoms with van der Waals surface area (Å²) in [6.07, 6.45) is 0. The van der Waals surface area contributed by atoms with Crippen molar-refractivity contribution in [1.82, 2.24) is 0 Å². The Morgan fingerprint density at radius 2 is 1.25 bits per heavy atom. The van der Waals surface area contributed by atoms with E-state index in [0.717, 1.165) is 0 Å². The molecule has 0 amide bonds. The second-order valence-corrected chi connectivity index (χ2v) is 5.55. The summed E-state index contributed by atoms with van der Waals surface area (Å²) >= 11 is 7.07. The lowest BCUT2D eigenvalue weighted by atomic mass is 15.9. The average molecular weight is 232 g/mol. The fraction of sp³-hybridized carbons (Fsp3) is 0. The number of hydrogen-bond donors (Lipinski definition) is 3. The highest BCUT2D eigenvalue weighted by atomic mass is 32.9. The van der Waals surface area contributed by atoms with Gasteiger partial charge in [0.25, 0.3) is 0 Å². The van der Waals surface area contributed by atoms with Crippen molar-refractivity contribution < 1.29 is 9.79 Å². The van der Waals surface area contributed by atoms with E-state index in [1.165, 1.54) is 0 Å². The molecule has 2 N–H and O–H groups in total. The van der Waals surface area contributed by atoms with Crippen molar-refractivity contribution in [3.8, 4) is 0 Å². The Bertz CT molecular complexity index is 58.2. The molecule has 0 fully saturated rings. The molecule has 0 aromatic carbocycles. The van der Waals surface area contributed by atoms with E-state index >= 15 is 0 Å². The maximum atomic E-state index is 7.87. The van der Waals surface area contributed by atoms with Gasteiger partial charge in [-0.2, -0.15) is 36.9 Å². The third-order valence-electron chi connectivity index (χ3n) is 0. The maximum absolute atomic E-state index is 7.87. The van der Waals surface area contributed by atoms with Crippen molar-refractivity contribution in [2.75, 3.05) is 0 Å². The van der Waals surface area contributed by atoms with E-state index in [-0.39, 0.29) is 36.9 Å². The molecule has 0 aliphatic heterocycles. The molecule has 8 heteroatoms. The van der Waals surface area contributed by atoms with E-state index in [1.54, 1.807) is 0 Å². The molecule has 0 heterocycles. The minimum Gasteiger partial charge on any atom is -0.338 e. The Hall–Kier alpha value is 2.05. The molecule has 0 saturated carbocycles. The lowest BCUT2D eigenvalue weighted by Gasteiger charge is -1.88. The van der Waals surface area contributed by atoms with Crippen molar-refractivity contribution in [3.63, 3.8) is 0 Å². The van der Waals surface area contributed by atoms with Gasteiger partial charge in [0.1, 0.15) is 0 Å². The van der Waals surface area contributed by atoms with Crippen LogP contribution in [-0.4, -0.2) is 9.79 Å². The summed E-state index contributed by atoms with van der Waals surface area (Å²) in [5, 5.41) is 0. The van der Waals surface area contributed by atoms with Crippen LogP contribution in [0.25, 0.3) is 0 Å². The van der Waals surface area contributed by atoms with E-state index in [2.05, 4.69) is 24.1 Å². The van der Waals surface area contributed by atoms with Gasteiger partial charge in [-0.05, 0) is 11.8 Å². The van der Waals surface area contributed by atoms with Crippen LogP contribution in [0.1, 0.15) is 0 Å². The first-order chi connectivity index (χ1) is 2.00. The van der Waals surface area contributed by atoms with Crippen LogP contribution in [0.2, 0.25) is 0 Å². The van der Waals surface area contributed by atoms with Gasteiger partial charge in [0, 0.05) is 0 Å². The van der Waals surface area contributed by atoms with Gasteiger partial charge in [0.2, 0.25) is 5.69 Å². The molecular weight excluding hydrogens is 222 g/mol. The van der Waals surface area contributed by atoms with Crippen molar-refractivity contribution in [2.24, 2.45) is 0 Å². The number of thiol groups is 1. The molecule has 0 saturated heterocycles. The van der Waals surface area contributed by atoms with Gasteiger partial charge in [-0.25, -0.2) is 0 Å². The van der Waals surface area contributed by atoms with Gasteiger partial charge < -0.3 is 9.79 Å². The standard InChI is InChI=1S/H3O2PS2.H3P.2H2S/c1-3(2,4)5;;;/h(H3,1,2,4,5);1H3;2*1H2. The van der Waals surface area contributed by atoms with Crippen molar-refractivity contribution in [1.29, 1.82) is 0 Å². The van der Waals surface area contributed by atoms with Crippen LogP contribution in [0.3, 0.4) is 0 Å². The second-order valence-electron chi connectivity index (χ2n) is 0.513. The summed E-state index contributed by atoms with van der Waals surface area (Å²) < 4.78 is 0. The van der Waals surface area contributed by atoms with E-state index in [1.807, 2.05) is 0 Å². The van der Waals surface area contributed by atoms with Gasteiger partial charge in [0.15, 0.2) is 0 Å². The van der Waals surface area contributed by atoms with Gasteiger partial charge in [-0.1, -0.05) is 12.2 Å². The van der Waals surface area contributed by atoms with Crippen molar-refractivity contribution in [2.45, 2.75) is 0 Å². The van der Waals surface area contributed by atoms with E-state index in [0.29, 0.717) is 0 Å². The van der Waals surface area contributed by atoms with Gasteiger partial charge in [0.05, 0.1) is 0 Å². The fourth-order valence-electron chi connectivity index (χ4n) is 0. The summed E-state index contributed by atoms with van der Waals surface area (Å²) in [7, 11) is 0. The first kappa shape index (κ1) is 22.5. The van der Waals surface area contributed by atoms with Crippen molar-refractivity contribution >= 4 is 66.6 Å². The third-order valence-corrected chi connectivity index (χ3v) is 0. The summed E-state index contributed by atoms with van der Waals surface area (Å²) in [5.74, 6) is 0. The molecule has 8 heavy (non-hydrogen) atoms. The fourth-order valence-corrected chi connectivity index (χ4v) is 0. The molecule has 1 unspecified atom stereocenters. The van der Waals surface area contributed by atoms with Gasteiger partial charge in [-0.3, -0.25) is 0 Å². The van der Waals surface area contributed by atoms with E-state index in [4.69, 9.17) is 9.79 Å². The summed E-state index contributed by atoms with van der Waals surface area (Å²) in [4.78, 5) is 15.7. The lowest BCUT2D eigenvalue weighted by Crippen LogP contribution is -1.53. The molecule has 0 aliphatic rings. The largest absolute Gasteiger partial charge is 0.338 e. The van der Waals surface area contributed by atoms with E-state index in [9.17, 15) is 0 Å². The van der Waals surface area contributed by atoms with Crippen LogP contribution >= 0.6 is 54.8 Å². The molecular formula is H10O2P2S4. The molecule has 0 rings (SSSR count). The van der Waals surface area contributed by atoms with Crippen LogP contribution in [0.15, 0.2) is 0 Å². The maximum Gasteiger partial charge on any atom is 0.239 e. The predicted molar refractivity (Wildman–Crippen MR) is 59.6 cm³/mol. The quantitative estimate of drug-likeness (QED) is 0.418. The zero-order valence-electron chi connectivity index (χ0n) is 3.90. The molecule has 0 spiro atoms. The number of rotatable bonds is 0. The summed E-state index contributed by atoms with van der Waals surface area (Å²) in [6, 6.07) is 0. The third kappa shape index (κ3) is 95.2. The van der Waals surface area contributed by atoms with E-state index < -0.39 is 5.69 Å². The van der Waals surface area contributed by atoms with Crippen LogP contribution in [-0.2, 0) is 11.8 Å². The minimum atomic E-state index is -3.11. The molecule has 0 radical (unpaired) electrons. The average Bonchev–Trinajstić information content (AvgIpc) is 0.722. The lowest BCUT2D eigenvalue weighted by molar-refractivity contribution is 0.503. The molecule has 2 nitrogen and oxygen atoms in total. The normalized spacial score (nSPS) is 7.38. The SMILES string of the molecule is OP(O)(=S)S.P.S.S. The molecule has 56 valence electrons. The Kier molecular flexibility index (Phi) is 25.4. The van der Waals surface area contributed by atoms with Crippen LogP contribution < -0.4 is 0 Å². The Morgan fingerprint density at radius 1 is 1.25 bits per heavy atom. The Labute approximate surface area is 76.3 Å². The molecule has 0 aromatic rings. The molecule has 0 aliphatic carbocycles.